The number of urea groups is 1. The lowest BCUT2D eigenvalue weighted by molar-refractivity contribution is -0.136. The quantitative estimate of drug-likeness (QED) is 0.296. The zero-order valence-electron chi connectivity index (χ0n) is 26.4. The lowest BCUT2D eigenvalue weighted by atomic mass is 9.93. The van der Waals surface area contributed by atoms with Gasteiger partial charge in [-0.05, 0) is 48.4 Å². The van der Waals surface area contributed by atoms with E-state index in [-0.39, 0.29) is 22.5 Å². The maximum absolute atomic E-state index is 14.8. The van der Waals surface area contributed by atoms with Crippen molar-refractivity contribution >= 4 is 52.6 Å². The van der Waals surface area contributed by atoms with Crippen molar-refractivity contribution in [1.82, 2.24) is 19.6 Å². The lowest BCUT2D eigenvalue weighted by Crippen LogP contribution is -2.56. The molecule has 3 heterocycles. The minimum absolute atomic E-state index is 0.0696. The normalized spacial score (nSPS) is 20.0. The van der Waals surface area contributed by atoms with Gasteiger partial charge in [0.25, 0.3) is 0 Å². The molecule has 3 aliphatic rings. The molecule has 10 nitrogen and oxygen atoms in total. The van der Waals surface area contributed by atoms with E-state index in [2.05, 4.69) is 11.0 Å². The number of nitrogens with zero attached hydrogens (tertiary/aromatic N) is 6. The van der Waals surface area contributed by atoms with Crippen LogP contribution < -0.4 is 4.74 Å². The van der Waals surface area contributed by atoms with E-state index >= 15 is 0 Å². The zero-order valence-corrected chi connectivity index (χ0v) is 28.7. The van der Waals surface area contributed by atoms with Gasteiger partial charge >= 0.3 is 6.03 Å². The van der Waals surface area contributed by atoms with Crippen LogP contribution in [0.5, 0.6) is 5.75 Å². The van der Waals surface area contributed by atoms with Gasteiger partial charge in [0.05, 0.1) is 48.6 Å². The number of rotatable bonds is 7. The average molecular weight is 710 g/mol. The number of piperazine rings is 1. The molecule has 3 aromatic rings. The Morgan fingerprint density at radius 2 is 1.52 bits per heavy atom. The minimum Gasteiger partial charge on any atom is -0.493 e. The highest BCUT2D eigenvalue weighted by Gasteiger charge is 2.45. The Bertz CT molecular complexity index is 1720. The fraction of sp³-hybridized carbons (Fsp3) is 0.371. The highest BCUT2D eigenvalue weighted by molar-refractivity contribution is 6.32. The Morgan fingerprint density at radius 3 is 2.12 bits per heavy atom. The minimum atomic E-state index is -0.567. The van der Waals surface area contributed by atoms with Gasteiger partial charge in [-0.3, -0.25) is 19.6 Å². The zero-order chi connectivity index (χ0) is 33.8. The summed E-state index contributed by atoms with van der Waals surface area (Å²) in [4.78, 5) is 40.4. The van der Waals surface area contributed by atoms with E-state index in [1.165, 1.54) is 0 Å². The van der Waals surface area contributed by atoms with Crippen LogP contribution >= 0.6 is 34.8 Å². The Balaban J connectivity index is 1.37. The largest absolute Gasteiger partial charge is 0.493 e. The standard InChI is InChI=1S/C35H35Cl3N6O4/c1-2-48-30-20-29(38)25(21-39)19-28(30)34-40-32(23-3-7-26(36)8-4-23)33(24-5-9-27(37)10-6-24)44(34)35(46)43-13-11-41(12-14-43)22-31(45)42-15-17-47-18-16-42/h3-10,19-20,32-33H,2,11-18,22H2,1H3/t32-,33+/m0/s1. The van der Waals surface area contributed by atoms with Crippen molar-refractivity contribution in [2.24, 2.45) is 4.99 Å². The molecule has 2 saturated heterocycles. The van der Waals surface area contributed by atoms with E-state index in [4.69, 9.17) is 49.3 Å². The van der Waals surface area contributed by atoms with Gasteiger partial charge in [-0.1, -0.05) is 59.1 Å². The van der Waals surface area contributed by atoms with Crippen LogP contribution in [0.1, 0.15) is 41.3 Å². The summed E-state index contributed by atoms with van der Waals surface area (Å²) < 4.78 is 11.4. The maximum atomic E-state index is 14.8. The highest BCUT2D eigenvalue weighted by atomic mass is 35.5. The summed E-state index contributed by atoms with van der Waals surface area (Å²) in [5.74, 6) is 0.845. The molecule has 0 aromatic heterocycles. The van der Waals surface area contributed by atoms with Gasteiger partial charge in [0, 0.05) is 55.4 Å². The molecule has 0 spiro atoms. The van der Waals surface area contributed by atoms with E-state index in [0.717, 1.165) is 11.1 Å². The van der Waals surface area contributed by atoms with Crippen molar-refractivity contribution in [2.75, 3.05) is 65.6 Å². The first-order chi connectivity index (χ1) is 23.3. The number of benzene rings is 3. The molecule has 2 atom stereocenters. The number of amides is 3. The topological polar surface area (TPSA) is 102 Å². The number of carbonyl (C=O) groups is 2. The van der Waals surface area contributed by atoms with Gasteiger partial charge in [0.2, 0.25) is 5.91 Å². The van der Waals surface area contributed by atoms with Crippen LogP contribution in [-0.4, -0.2) is 103 Å². The van der Waals surface area contributed by atoms with Crippen molar-refractivity contribution < 1.29 is 19.1 Å². The van der Waals surface area contributed by atoms with Crippen molar-refractivity contribution in [1.29, 1.82) is 5.26 Å². The van der Waals surface area contributed by atoms with E-state index in [0.29, 0.717) is 92.8 Å². The summed E-state index contributed by atoms with van der Waals surface area (Å²) >= 11 is 19.0. The number of carbonyl (C=O) groups excluding carboxylic acids is 2. The van der Waals surface area contributed by atoms with Gasteiger partial charge in [0.15, 0.2) is 0 Å². The van der Waals surface area contributed by atoms with Crippen LogP contribution in [0.25, 0.3) is 0 Å². The number of hydrogen-bond donors (Lipinski definition) is 0. The van der Waals surface area contributed by atoms with Crippen LogP contribution in [0.4, 0.5) is 4.79 Å². The van der Waals surface area contributed by atoms with Gasteiger partial charge < -0.3 is 19.3 Å². The van der Waals surface area contributed by atoms with Crippen molar-refractivity contribution in [2.45, 2.75) is 19.0 Å². The SMILES string of the molecule is CCOc1cc(Cl)c(C#N)cc1C1=N[C@@H](c2ccc(Cl)cc2)[C@@H](c2ccc(Cl)cc2)N1C(=O)N1CCN(CC(=O)N2CCOCC2)CC1. The van der Waals surface area contributed by atoms with E-state index in [9.17, 15) is 14.9 Å². The predicted molar refractivity (Wildman–Crippen MR) is 185 cm³/mol. The molecule has 3 amide bonds. The summed E-state index contributed by atoms with van der Waals surface area (Å²) in [6, 6.07) is 18.8. The number of amidine groups is 1. The number of hydrogen-bond acceptors (Lipinski definition) is 7. The van der Waals surface area contributed by atoms with Crippen molar-refractivity contribution in [3.05, 3.63) is 98.0 Å². The fourth-order valence-corrected chi connectivity index (χ4v) is 6.75. The third kappa shape index (κ3) is 7.26. The summed E-state index contributed by atoms with van der Waals surface area (Å²) in [6.07, 6.45) is 0. The molecular formula is C35H35Cl3N6O4. The Hall–Kier alpha value is -3.85. The molecular weight excluding hydrogens is 675 g/mol. The van der Waals surface area contributed by atoms with Gasteiger partial charge in [-0.15, -0.1) is 0 Å². The molecule has 0 aliphatic carbocycles. The third-order valence-corrected chi connectivity index (χ3v) is 9.61. The summed E-state index contributed by atoms with van der Waals surface area (Å²) in [5, 5.41) is 11.3. The van der Waals surface area contributed by atoms with Gasteiger partial charge in [-0.25, -0.2) is 4.79 Å². The van der Waals surface area contributed by atoms with Crippen LogP contribution in [-0.2, 0) is 9.53 Å². The number of nitriles is 1. The van der Waals surface area contributed by atoms with E-state index in [1.54, 1.807) is 46.2 Å². The van der Waals surface area contributed by atoms with E-state index in [1.807, 2.05) is 36.1 Å². The molecule has 2 fully saturated rings. The number of halogens is 3. The second-order valence-corrected chi connectivity index (χ2v) is 13.0. The molecule has 13 heteroatoms. The number of ether oxygens (including phenoxy) is 2. The van der Waals surface area contributed by atoms with Crippen molar-refractivity contribution in [3.8, 4) is 11.8 Å². The molecule has 3 aliphatic heterocycles. The summed E-state index contributed by atoms with van der Waals surface area (Å²) in [5.41, 5.74) is 2.40. The fourth-order valence-electron chi connectivity index (χ4n) is 6.30. The Morgan fingerprint density at radius 1 is 0.896 bits per heavy atom. The number of morpholine rings is 1. The maximum Gasteiger partial charge on any atom is 0.326 e. The monoisotopic (exact) mass is 708 g/mol. The van der Waals surface area contributed by atoms with Crippen molar-refractivity contribution in [3.63, 3.8) is 0 Å². The Labute approximate surface area is 295 Å². The molecule has 0 radical (unpaired) electrons. The molecule has 6 rings (SSSR count). The summed E-state index contributed by atoms with van der Waals surface area (Å²) in [7, 11) is 0. The van der Waals surface area contributed by atoms with Crippen LogP contribution in [0.2, 0.25) is 15.1 Å². The first-order valence-electron chi connectivity index (χ1n) is 15.9. The lowest BCUT2D eigenvalue weighted by Gasteiger charge is -2.39. The Kier molecular flexibility index (Phi) is 10.7. The molecule has 48 heavy (non-hydrogen) atoms. The van der Waals surface area contributed by atoms with Crippen LogP contribution in [0.15, 0.2) is 65.7 Å². The predicted octanol–water partition coefficient (Wildman–Crippen LogP) is 6.06. The van der Waals surface area contributed by atoms with Crippen LogP contribution in [0.3, 0.4) is 0 Å². The van der Waals surface area contributed by atoms with E-state index < -0.39 is 12.1 Å². The average Bonchev–Trinajstić information content (AvgIpc) is 3.50. The molecule has 0 saturated carbocycles. The molecule has 0 N–H and O–H groups in total. The van der Waals surface area contributed by atoms with Gasteiger partial charge in [0.1, 0.15) is 23.7 Å². The second-order valence-electron chi connectivity index (χ2n) is 11.7. The molecule has 0 bridgehead atoms. The first-order valence-corrected chi connectivity index (χ1v) is 17.0. The smallest absolute Gasteiger partial charge is 0.326 e. The highest BCUT2D eigenvalue weighted by Crippen LogP contribution is 2.46. The summed E-state index contributed by atoms with van der Waals surface area (Å²) in [6.45, 7) is 6.69. The third-order valence-electron chi connectivity index (χ3n) is 8.79. The molecule has 250 valence electrons. The molecule has 3 aromatic carbocycles. The number of aliphatic imine (C=N–C) groups is 1. The van der Waals surface area contributed by atoms with Gasteiger partial charge in [-0.2, -0.15) is 5.26 Å². The molecule has 0 unspecified atom stereocenters. The second kappa shape index (κ2) is 15.1. The first kappa shape index (κ1) is 34.0. The van der Waals surface area contributed by atoms with Crippen LogP contribution in [0, 0.1) is 11.3 Å².